The van der Waals surface area contributed by atoms with Gasteiger partial charge in [-0.05, 0) is 0 Å². The predicted molar refractivity (Wildman–Crippen MR) is 185 cm³/mol. The zero-order valence-electron chi connectivity index (χ0n) is 23.3. The van der Waals surface area contributed by atoms with Crippen LogP contribution >= 0.6 is 0 Å². The van der Waals surface area contributed by atoms with Gasteiger partial charge in [0.2, 0.25) is 0 Å². The van der Waals surface area contributed by atoms with Gasteiger partial charge in [0.05, 0.1) is 0 Å². The van der Waals surface area contributed by atoms with Gasteiger partial charge in [-0.3, -0.25) is 0 Å². The molecular formula is C40H30Ge2. The van der Waals surface area contributed by atoms with Crippen LogP contribution in [0.4, 0.5) is 0 Å². The fourth-order valence-corrected chi connectivity index (χ4v) is 16.2. The van der Waals surface area contributed by atoms with E-state index in [0.29, 0.717) is 0 Å². The second-order valence-corrected chi connectivity index (χ2v) is 20.0. The Morgan fingerprint density at radius 1 is 0.286 bits per heavy atom. The molecule has 0 aliphatic heterocycles. The van der Waals surface area contributed by atoms with Crippen LogP contribution in [0.3, 0.4) is 0 Å². The third kappa shape index (κ3) is 6.60. The molecule has 0 unspecified atom stereocenters. The van der Waals surface area contributed by atoms with Crippen molar-refractivity contribution in [2.24, 2.45) is 0 Å². The summed E-state index contributed by atoms with van der Waals surface area (Å²) in [5.41, 5.74) is 2.45. The molecule has 6 aromatic rings. The fourth-order valence-electron chi connectivity index (χ4n) is 5.22. The summed E-state index contributed by atoms with van der Waals surface area (Å²) < 4.78 is 8.17. The van der Waals surface area contributed by atoms with Crippen molar-refractivity contribution in [2.75, 3.05) is 0 Å². The summed E-state index contributed by atoms with van der Waals surface area (Å²) >= 11 is -4.51. The molecule has 0 aliphatic carbocycles. The minimum absolute atomic E-state index is 1.22. The number of rotatable bonds is 6. The van der Waals surface area contributed by atoms with Gasteiger partial charge in [0.1, 0.15) is 0 Å². The molecule has 0 fully saturated rings. The summed E-state index contributed by atoms with van der Waals surface area (Å²) in [6, 6.07) is 65.8. The van der Waals surface area contributed by atoms with Crippen LogP contribution in [0.1, 0.15) is 11.1 Å². The molecule has 198 valence electrons. The van der Waals surface area contributed by atoms with E-state index in [1.54, 1.807) is 0 Å². The Balaban J connectivity index is 1.70. The SMILES string of the molecule is C(#C[C](c1ccccc1)=[Ge]([c]1ccccc1)[c]1ccccc1)[C](c1ccccc1)=[Ge]([c]1ccccc1)[c]1ccccc1. The van der Waals surface area contributed by atoms with Gasteiger partial charge in [-0.2, -0.15) is 0 Å². The summed E-state index contributed by atoms with van der Waals surface area (Å²) in [7, 11) is 0. The normalized spacial score (nSPS) is 10.2. The van der Waals surface area contributed by atoms with Crippen LogP contribution < -0.4 is 17.6 Å². The molecule has 0 atom stereocenters. The summed E-state index contributed by atoms with van der Waals surface area (Å²) in [6.07, 6.45) is 0. The molecule has 0 heterocycles. The van der Waals surface area contributed by atoms with E-state index < -0.39 is 27.8 Å². The minimum atomic E-state index is -2.25. The van der Waals surface area contributed by atoms with Crippen molar-refractivity contribution in [3.63, 3.8) is 0 Å². The standard InChI is InChI=1S/C40H30Ge2/c1-7-19-33(20-8-1)39(41(35-23-11-3-12-24-35)36-25-13-4-14-26-36)31-32-40(34-21-9-2-10-22-34)42(37-27-15-5-16-28-37)38-29-17-6-18-30-38/h1-30H. The molecule has 2 heteroatoms. The first-order valence-electron chi connectivity index (χ1n) is 14.2. The van der Waals surface area contributed by atoms with Gasteiger partial charge in [0.25, 0.3) is 0 Å². The van der Waals surface area contributed by atoms with E-state index in [2.05, 4.69) is 194 Å². The van der Waals surface area contributed by atoms with Gasteiger partial charge < -0.3 is 0 Å². The molecule has 0 bridgehead atoms. The van der Waals surface area contributed by atoms with Crippen LogP contribution in [0, 0.1) is 11.8 Å². The van der Waals surface area contributed by atoms with Gasteiger partial charge in [-0.15, -0.1) is 0 Å². The molecule has 0 nitrogen and oxygen atoms in total. The first-order valence-corrected chi connectivity index (χ1v) is 20.5. The Morgan fingerprint density at radius 3 is 0.738 bits per heavy atom. The van der Waals surface area contributed by atoms with Crippen molar-refractivity contribution in [3.8, 4) is 11.8 Å². The van der Waals surface area contributed by atoms with Crippen molar-refractivity contribution < 1.29 is 0 Å². The quantitative estimate of drug-likeness (QED) is 0.171. The molecule has 0 saturated carbocycles. The van der Waals surface area contributed by atoms with Crippen LogP contribution in [0.2, 0.25) is 0 Å². The van der Waals surface area contributed by atoms with E-state index in [1.165, 1.54) is 37.4 Å². The Labute approximate surface area is 257 Å². The first-order chi connectivity index (χ1) is 20.9. The molecule has 0 aliphatic rings. The van der Waals surface area contributed by atoms with E-state index in [1.807, 2.05) is 0 Å². The summed E-state index contributed by atoms with van der Waals surface area (Å²) in [5, 5.41) is 0. The Morgan fingerprint density at radius 2 is 0.500 bits per heavy atom. The molecule has 0 amide bonds. The topological polar surface area (TPSA) is 0 Å². The molecular weight excluding hydrogens is 626 g/mol. The van der Waals surface area contributed by atoms with Crippen molar-refractivity contribution in [1.82, 2.24) is 0 Å². The third-order valence-electron chi connectivity index (χ3n) is 7.19. The van der Waals surface area contributed by atoms with E-state index in [-0.39, 0.29) is 0 Å². The molecule has 42 heavy (non-hydrogen) atoms. The molecule has 0 radical (unpaired) electrons. The molecule has 0 N–H and O–H groups in total. The summed E-state index contributed by atoms with van der Waals surface area (Å²) in [6.45, 7) is 0. The summed E-state index contributed by atoms with van der Waals surface area (Å²) in [4.78, 5) is 0. The van der Waals surface area contributed by atoms with Crippen LogP contribution in [0.5, 0.6) is 0 Å². The van der Waals surface area contributed by atoms with Crippen molar-refractivity contribution in [3.05, 3.63) is 193 Å². The van der Waals surface area contributed by atoms with Crippen LogP contribution in [-0.4, -0.2) is 36.5 Å². The molecule has 6 aromatic carbocycles. The van der Waals surface area contributed by atoms with Gasteiger partial charge in [-0.1, -0.05) is 0 Å². The van der Waals surface area contributed by atoms with Gasteiger partial charge in [0.15, 0.2) is 0 Å². The van der Waals surface area contributed by atoms with Crippen LogP contribution in [0.25, 0.3) is 0 Å². The monoisotopic (exact) mass is 658 g/mol. The van der Waals surface area contributed by atoms with Gasteiger partial charge >= 0.3 is 259 Å². The van der Waals surface area contributed by atoms with Crippen molar-refractivity contribution in [2.45, 2.75) is 0 Å². The van der Waals surface area contributed by atoms with E-state index in [4.69, 9.17) is 0 Å². The first kappa shape index (κ1) is 27.9. The van der Waals surface area contributed by atoms with E-state index in [9.17, 15) is 0 Å². The predicted octanol–water partition coefficient (Wildman–Crippen LogP) is 5.21. The van der Waals surface area contributed by atoms with E-state index in [0.717, 1.165) is 0 Å². The van der Waals surface area contributed by atoms with Crippen molar-refractivity contribution >= 4 is 54.1 Å². The molecule has 0 aromatic heterocycles. The van der Waals surface area contributed by atoms with Gasteiger partial charge in [-0.25, -0.2) is 0 Å². The zero-order chi connectivity index (χ0) is 28.4. The molecule has 0 saturated heterocycles. The number of hydrogen-bond donors (Lipinski definition) is 0. The molecule has 0 spiro atoms. The number of hydrogen-bond acceptors (Lipinski definition) is 0. The van der Waals surface area contributed by atoms with E-state index >= 15 is 0 Å². The molecule has 6 rings (SSSR count). The second-order valence-electron chi connectivity index (χ2n) is 9.95. The van der Waals surface area contributed by atoms with Crippen LogP contribution in [0.15, 0.2) is 182 Å². The average molecular weight is 656 g/mol. The third-order valence-corrected chi connectivity index (χ3v) is 18.7. The number of benzene rings is 6. The van der Waals surface area contributed by atoms with Crippen LogP contribution in [-0.2, 0) is 0 Å². The second kappa shape index (κ2) is 14.1. The maximum absolute atomic E-state index is 3.90. The Hall–Kier alpha value is -4.29. The fraction of sp³-hybridized carbons (Fsp3) is 0. The Kier molecular flexibility index (Phi) is 9.32. The Bertz CT molecular complexity index is 1640. The van der Waals surface area contributed by atoms with Crippen molar-refractivity contribution in [1.29, 1.82) is 0 Å². The summed E-state index contributed by atoms with van der Waals surface area (Å²) in [5.74, 6) is 7.79. The van der Waals surface area contributed by atoms with Gasteiger partial charge in [0, 0.05) is 0 Å². The average Bonchev–Trinajstić information content (AvgIpc) is 3.08. The maximum atomic E-state index is 3.90. The zero-order valence-corrected chi connectivity index (χ0v) is 27.5.